The van der Waals surface area contributed by atoms with Gasteiger partial charge in [0.05, 0.1) is 0 Å². The van der Waals surface area contributed by atoms with Gasteiger partial charge in [-0.05, 0) is 12.8 Å². The molecule has 0 aromatic rings. The van der Waals surface area contributed by atoms with E-state index in [0.29, 0.717) is 0 Å². The monoisotopic (exact) mass is 504 g/mol. The molecule has 0 aromatic heterocycles. The second kappa shape index (κ2) is 51.6. The third-order valence-corrected chi connectivity index (χ3v) is 1.66. The van der Waals surface area contributed by atoms with Gasteiger partial charge in [0, 0.05) is 6.42 Å². The first-order valence-corrected chi connectivity index (χ1v) is 9.87. The summed E-state index contributed by atoms with van der Waals surface area (Å²) in [5.41, 5.74) is 0. The van der Waals surface area contributed by atoms with Crippen LogP contribution in [0.2, 0.25) is 0 Å². The molecule has 0 N–H and O–H groups in total. The van der Waals surface area contributed by atoms with Crippen molar-refractivity contribution in [3.05, 3.63) is 6.42 Å². The molecule has 0 spiro atoms. The van der Waals surface area contributed by atoms with Crippen LogP contribution in [0.4, 0.5) is 0 Å². The summed E-state index contributed by atoms with van der Waals surface area (Å²) in [6, 6.07) is 0. The molecule has 0 bridgehead atoms. The van der Waals surface area contributed by atoms with E-state index in [4.69, 9.17) is 6.42 Å². The molecule has 0 atom stereocenters. The fourth-order valence-corrected chi connectivity index (χ4v) is 0.994. The average molecular weight is 505 g/mol. The van der Waals surface area contributed by atoms with Gasteiger partial charge in [-0.2, -0.15) is 0 Å². The van der Waals surface area contributed by atoms with Crippen molar-refractivity contribution >= 4 is 0 Å². The van der Waals surface area contributed by atoms with Crippen LogP contribution >= 0.6 is 0 Å². The van der Waals surface area contributed by atoms with E-state index >= 15 is 0 Å². The van der Waals surface area contributed by atoms with E-state index in [0.717, 1.165) is 12.8 Å². The Morgan fingerprint density at radius 2 is 0.828 bits per heavy atom. The molecule has 0 heterocycles. The van der Waals surface area contributed by atoms with Crippen LogP contribution in [0.5, 0.6) is 0 Å². The minimum Gasteiger partial charge on any atom is -1.00 e. The molecule has 0 saturated heterocycles. The summed E-state index contributed by atoms with van der Waals surface area (Å²) in [5, 5.41) is 38.1. The summed E-state index contributed by atoms with van der Waals surface area (Å²) in [4.78, 5) is 0. The maximum Gasteiger partial charge on any atom is 3.00 e. The molecule has 172 valence electrons. The smallest absolute Gasteiger partial charge is 1.00 e. The van der Waals surface area contributed by atoms with Crippen molar-refractivity contribution in [2.24, 2.45) is 0 Å². The quantitative estimate of drug-likeness (QED) is 0.273. The summed E-state index contributed by atoms with van der Waals surface area (Å²) in [5.74, 6) is 2.41. The Hall–Kier alpha value is 1.12. The van der Waals surface area contributed by atoms with E-state index < -0.39 is 24.4 Å². The van der Waals surface area contributed by atoms with Crippen LogP contribution in [0.25, 0.3) is 0 Å². The first-order valence-electron chi connectivity index (χ1n) is 9.87. The Balaban J connectivity index is -0.0000000334. The average Bonchev–Trinajstić information content (AvgIpc) is 2.40. The maximum absolute atomic E-state index is 9.53. The van der Waals surface area contributed by atoms with Crippen LogP contribution in [-0.4, -0.2) is 24.4 Å². The first-order chi connectivity index (χ1) is 11.8. The molecule has 7 heteroatoms. The van der Waals surface area contributed by atoms with E-state index in [1.807, 2.05) is 0 Å². The van der Waals surface area contributed by atoms with Gasteiger partial charge in [-0.15, -0.1) is 24.4 Å². The number of unbranched alkanes of at least 4 members (excludes halogenated alkanes) is 6. The molecular weight excluding hydrogens is 459 g/mol. The van der Waals surface area contributed by atoms with Gasteiger partial charge in [-0.3, -0.25) is 0 Å². The van der Waals surface area contributed by atoms with Crippen molar-refractivity contribution in [1.29, 1.82) is 0 Å². The molecule has 0 aliphatic rings. The van der Waals surface area contributed by atoms with Crippen LogP contribution in [0.15, 0.2) is 0 Å². The summed E-state index contributed by atoms with van der Waals surface area (Å²) >= 11 is 0. The maximum atomic E-state index is 9.53. The molecule has 0 aliphatic heterocycles. The van der Waals surface area contributed by atoms with Crippen molar-refractivity contribution in [2.75, 3.05) is 0 Å². The number of rotatable bonds is 6. The molecule has 0 aliphatic carbocycles. The Bertz CT molecular complexity index is 212. The Labute approximate surface area is 219 Å². The molecular formula is C22H45ClO4Ti2. The fourth-order valence-electron chi connectivity index (χ4n) is 0.994. The van der Waals surface area contributed by atoms with E-state index in [2.05, 4.69) is 12.8 Å². The molecule has 0 aromatic carbocycles. The molecule has 4 nitrogen and oxygen atoms in total. The third kappa shape index (κ3) is 325. The van der Waals surface area contributed by atoms with Crippen molar-refractivity contribution in [1.82, 2.24) is 0 Å². The van der Waals surface area contributed by atoms with E-state index in [1.54, 1.807) is 55.4 Å². The minimum absolute atomic E-state index is 0. The van der Waals surface area contributed by atoms with Crippen molar-refractivity contribution in [3.8, 4) is 5.92 Å². The van der Waals surface area contributed by atoms with Gasteiger partial charge in [-0.25, -0.2) is 0 Å². The van der Waals surface area contributed by atoms with Crippen LogP contribution in [0.3, 0.4) is 0 Å². The summed E-state index contributed by atoms with van der Waals surface area (Å²) in [6.07, 6.45) is 13.7. The molecule has 0 fully saturated rings. The normalized spacial score (nSPS) is 8.14. The number of halogens is 1. The molecule has 0 unspecified atom stereocenters. The van der Waals surface area contributed by atoms with Gasteiger partial charge >= 0.3 is 43.4 Å². The van der Waals surface area contributed by atoms with Gasteiger partial charge in [0.15, 0.2) is 0 Å². The molecule has 2 radical (unpaired) electrons. The van der Waals surface area contributed by atoms with Crippen molar-refractivity contribution < 1.29 is 76.3 Å². The minimum atomic E-state index is -0.417. The van der Waals surface area contributed by atoms with Crippen molar-refractivity contribution in [2.45, 2.75) is 132 Å². The zero-order chi connectivity index (χ0) is 22.0. The SMILES string of the molecule is CC(C)[O-].CC(C)[O-].CC(C)[O-].CC(C)[O-].[C]#CCCCCCCCC.[Cl-].[Ti+2].[Ti+3]. The van der Waals surface area contributed by atoms with Gasteiger partial charge < -0.3 is 32.8 Å². The largest absolute Gasteiger partial charge is 3.00 e. The Kier molecular flexibility index (Phi) is 92.9. The molecule has 0 amide bonds. The summed E-state index contributed by atoms with van der Waals surface area (Å²) in [6.45, 7) is 15.1. The topological polar surface area (TPSA) is 92.2 Å². The summed E-state index contributed by atoms with van der Waals surface area (Å²) in [7, 11) is 0. The third-order valence-electron chi connectivity index (χ3n) is 1.66. The standard InChI is InChI=1S/C10H17.4C3H7O.ClH.2Ti/c1-3-5-7-9-10-8-6-4-2;4*1-3(2)4;;;/h3,5-10H2,1H3;4*3H,1-2H3;1H;;/q;4*-1;;+2;+3/p-1. The number of hydrogen-bond acceptors (Lipinski definition) is 4. The van der Waals surface area contributed by atoms with E-state index in [1.165, 1.54) is 32.1 Å². The zero-order valence-corrected chi connectivity index (χ0v) is 24.1. The van der Waals surface area contributed by atoms with Crippen LogP contribution in [-0.2, 0) is 43.4 Å². The number of hydrogen-bond donors (Lipinski definition) is 0. The fraction of sp³-hybridized carbons (Fsp3) is 0.909. The van der Waals surface area contributed by atoms with Crippen LogP contribution in [0.1, 0.15) is 107 Å². The van der Waals surface area contributed by atoms with Gasteiger partial charge in [-0.1, -0.05) is 100 Å². The second-order valence-electron chi connectivity index (χ2n) is 6.89. The van der Waals surface area contributed by atoms with Crippen molar-refractivity contribution in [3.63, 3.8) is 0 Å². The van der Waals surface area contributed by atoms with Crippen LogP contribution in [0, 0.1) is 12.3 Å². The predicted octanol–water partition coefficient (Wildman–Crippen LogP) is -0.654. The Morgan fingerprint density at radius 1 is 0.621 bits per heavy atom. The second-order valence-corrected chi connectivity index (χ2v) is 6.89. The zero-order valence-electron chi connectivity index (χ0n) is 20.3. The van der Waals surface area contributed by atoms with Crippen LogP contribution < -0.4 is 32.8 Å². The van der Waals surface area contributed by atoms with Gasteiger partial charge in [0.1, 0.15) is 0 Å². The van der Waals surface area contributed by atoms with Gasteiger partial charge in [0.2, 0.25) is 0 Å². The predicted molar refractivity (Wildman–Crippen MR) is 106 cm³/mol. The Morgan fingerprint density at radius 3 is 1.03 bits per heavy atom. The molecule has 29 heavy (non-hydrogen) atoms. The van der Waals surface area contributed by atoms with E-state index in [9.17, 15) is 20.4 Å². The molecule has 0 rings (SSSR count). The molecule has 0 saturated carbocycles. The summed E-state index contributed by atoms with van der Waals surface area (Å²) < 4.78 is 0. The van der Waals surface area contributed by atoms with Gasteiger partial charge in [0.25, 0.3) is 0 Å². The first kappa shape index (κ1) is 52.2. The van der Waals surface area contributed by atoms with E-state index in [-0.39, 0.29) is 55.8 Å².